The average molecular weight is 1170 g/mol. The Morgan fingerprint density at radius 1 is 0.631 bits per heavy atom. The predicted octanol–water partition coefficient (Wildman–Crippen LogP) is 15.6. The van der Waals surface area contributed by atoms with Gasteiger partial charge >= 0.3 is 325 Å². The van der Waals surface area contributed by atoms with Crippen LogP contribution in [0.4, 0.5) is 0 Å². The van der Waals surface area contributed by atoms with Gasteiger partial charge in [-0.1, -0.05) is 58.0 Å². The molecule has 0 atom stereocenters. The molecule has 0 aliphatic rings. The number of hydrogen-bond acceptors (Lipinski definition) is 3. The van der Waals surface area contributed by atoms with Gasteiger partial charge in [-0.3, -0.25) is 0 Å². The van der Waals surface area contributed by atoms with Crippen molar-refractivity contribution in [3.63, 3.8) is 0 Å². The summed E-state index contributed by atoms with van der Waals surface area (Å²) in [5, 5.41) is 2.62. The van der Waals surface area contributed by atoms with Crippen molar-refractivity contribution in [1.82, 2.24) is 14.5 Å². The van der Waals surface area contributed by atoms with Crippen molar-refractivity contribution in [3.05, 3.63) is 162 Å². The van der Waals surface area contributed by atoms with E-state index in [1.807, 2.05) is 29.5 Å². The van der Waals surface area contributed by atoms with Crippen molar-refractivity contribution < 1.29 is 20.1 Å². The van der Waals surface area contributed by atoms with Gasteiger partial charge in [-0.15, -0.1) is 0 Å². The van der Waals surface area contributed by atoms with Gasteiger partial charge in [-0.05, 0) is 11.1 Å². The van der Waals surface area contributed by atoms with Gasteiger partial charge in [0, 0.05) is 20.1 Å². The SMILES string of the molecule is CC(C)Cc1cc(-c2[c-]cccc2)nc[c]1[Ge]([CH3])([CH3])[CH3].CC(C)c1cc(-c2ccccc2)cc(C(C)C)c1-n1c(-c2[c-]cc3sc4c[c]([Ge]([CH3])([CH3])[CH3])ccc4c3c2)nc2ccccc21.[Ir]. The number of aromatic nitrogens is 3. The first-order chi connectivity index (χ1) is 30.5. The topological polar surface area (TPSA) is 30.7 Å². The molecule has 7 heteroatoms. The fourth-order valence-electron chi connectivity index (χ4n) is 8.85. The number of hydrogen-bond donors (Lipinski definition) is 0. The number of benzene rings is 6. The molecule has 0 aliphatic carbocycles. The predicted molar refractivity (Wildman–Crippen MR) is 285 cm³/mol. The first kappa shape index (κ1) is 48.8. The van der Waals surface area contributed by atoms with Gasteiger partial charge in [-0.25, -0.2) is 0 Å². The summed E-state index contributed by atoms with van der Waals surface area (Å²) in [5.74, 6) is 17.0. The number of pyridine rings is 1. The van der Waals surface area contributed by atoms with Gasteiger partial charge in [0.15, 0.2) is 0 Å². The summed E-state index contributed by atoms with van der Waals surface area (Å²) in [4.78, 5) is 10.0. The molecule has 3 nitrogen and oxygen atoms in total. The zero-order valence-electron chi connectivity index (χ0n) is 40.2. The summed E-state index contributed by atoms with van der Waals surface area (Å²) in [6, 6.07) is 53.1. The number of rotatable bonds is 10. The second-order valence-corrected chi connectivity index (χ2v) is 42.8. The Labute approximate surface area is 411 Å². The van der Waals surface area contributed by atoms with Crippen LogP contribution < -0.4 is 8.79 Å². The summed E-state index contributed by atoms with van der Waals surface area (Å²) in [6.07, 6.45) is 3.27. The molecule has 3 aromatic heterocycles. The minimum Gasteiger partial charge on any atom is 0 e. The van der Waals surface area contributed by atoms with Gasteiger partial charge in [0.2, 0.25) is 0 Å². The molecule has 9 aromatic rings. The molecule has 335 valence electrons. The van der Waals surface area contributed by atoms with E-state index < -0.39 is 26.5 Å². The molecule has 1 radical (unpaired) electrons. The van der Waals surface area contributed by atoms with Gasteiger partial charge in [0.1, 0.15) is 0 Å². The van der Waals surface area contributed by atoms with E-state index in [1.54, 1.807) is 8.79 Å². The van der Waals surface area contributed by atoms with Crippen LogP contribution in [0.15, 0.2) is 134 Å². The molecule has 0 spiro atoms. The van der Waals surface area contributed by atoms with E-state index in [2.05, 4.69) is 208 Å². The van der Waals surface area contributed by atoms with Gasteiger partial charge < -0.3 is 0 Å². The maximum atomic E-state index is 5.30. The summed E-state index contributed by atoms with van der Waals surface area (Å²) in [6.45, 7) is 13.8. The first-order valence-corrected chi connectivity index (χ1v) is 38.5. The number of nitrogens with zero attached hydrogens (tertiary/aromatic N) is 3. The summed E-state index contributed by atoms with van der Waals surface area (Å²) in [5.41, 5.74) is 13.2. The van der Waals surface area contributed by atoms with Crippen LogP contribution >= 0.6 is 11.3 Å². The Kier molecular flexibility index (Phi) is 15.0. The summed E-state index contributed by atoms with van der Waals surface area (Å²) in [7, 11) is 0. The van der Waals surface area contributed by atoms with Crippen molar-refractivity contribution in [2.24, 2.45) is 5.92 Å². The van der Waals surface area contributed by atoms with Crippen molar-refractivity contribution in [3.8, 4) is 39.5 Å². The number of imidazole rings is 1. The van der Waals surface area contributed by atoms with Gasteiger partial charge in [0.25, 0.3) is 0 Å². The molecular weight excluding hydrogens is 1110 g/mol. The van der Waals surface area contributed by atoms with Crippen LogP contribution in [0.1, 0.15) is 70.1 Å². The minimum absolute atomic E-state index is 0. The standard InChI is InChI=1S/C40H39GeN2S.C18H24GeN.Ir/c1-25(2)32-22-29(27-13-9-8-10-14-27)23-33(26(3)4)39(32)43-36-16-12-11-15-35(36)42-40(43)28-17-20-37-34(21-28)31-19-18-30(41(5,6)7)24-38(31)44-37;1-14(2)11-16-12-18(15-9-7-6-8-10-15)20-13-17(16)19(3,4)5;/h8-16,18-26H,1-7H3;6-9,12-14H,11H2,1-5H3;/q2*-1;. The van der Waals surface area contributed by atoms with Crippen LogP contribution in [0.2, 0.25) is 34.5 Å². The third-order valence-electron chi connectivity index (χ3n) is 12.2. The third kappa shape index (κ3) is 10.6. The maximum absolute atomic E-state index is 5.30. The van der Waals surface area contributed by atoms with Crippen molar-refractivity contribution in [1.29, 1.82) is 0 Å². The van der Waals surface area contributed by atoms with Crippen LogP contribution in [0.5, 0.6) is 0 Å². The average Bonchev–Trinajstić information content (AvgIpc) is 3.84. The van der Waals surface area contributed by atoms with Crippen LogP contribution in [0.25, 0.3) is 70.7 Å². The van der Waals surface area contributed by atoms with Crippen LogP contribution in [-0.2, 0) is 26.5 Å². The normalized spacial score (nSPS) is 12.0. The second-order valence-electron chi connectivity index (χ2n) is 20.5. The fraction of sp³-hybridized carbons (Fsp3) is 0.276. The van der Waals surface area contributed by atoms with E-state index in [0.717, 1.165) is 40.1 Å². The van der Waals surface area contributed by atoms with E-state index in [-0.39, 0.29) is 20.1 Å². The molecule has 0 aliphatic heterocycles. The van der Waals surface area contributed by atoms with Crippen LogP contribution in [0.3, 0.4) is 0 Å². The van der Waals surface area contributed by atoms with Gasteiger partial charge in [-0.2, -0.15) is 0 Å². The van der Waals surface area contributed by atoms with E-state index in [1.165, 1.54) is 53.7 Å². The smallest absolute Gasteiger partial charge is 0 e. The van der Waals surface area contributed by atoms with E-state index in [0.29, 0.717) is 17.8 Å². The monoisotopic (exact) mass is 1170 g/mol. The Morgan fingerprint density at radius 2 is 1.31 bits per heavy atom. The Balaban J connectivity index is 0.000000253. The van der Waals surface area contributed by atoms with Crippen molar-refractivity contribution in [2.75, 3.05) is 0 Å². The first-order valence-electron chi connectivity index (χ1n) is 23.0. The maximum Gasteiger partial charge on any atom is 0 e. The molecular formula is C58H63Ge2IrN3S-2. The molecule has 3 heterocycles. The molecule has 0 N–H and O–H groups in total. The van der Waals surface area contributed by atoms with Crippen molar-refractivity contribution >= 4 is 77.9 Å². The molecule has 6 aromatic carbocycles. The molecule has 0 saturated carbocycles. The van der Waals surface area contributed by atoms with E-state index in [4.69, 9.17) is 9.97 Å². The molecule has 0 unspecified atom stereocenters. The molecule has 0 saturated heterocycles. The second kappa shape index (κ2) is 20.0. The molecule has 9 rings (SSSR count). The van der Waals surface area contributed by atoms with Gasteiger partial charge in [0.05, 0.1) is 0 Å². The Hall–Kier alpha value is -4.10. The number of para-hydroxylation sites is 2. The molecule has 0 fully saturated rings. The Bertz CT molecular complexity index is 3050. The van der Waals surface area contributed by atoms with Crippen LogP contribution in [0, 0.1) is 18.1 Å². The largest absolute Gasteiger partial charge is 0 e. The fourth-order valence-corrected chi connectivity index (χ4v) is 15.9. The molecule has 65 heavy (non-hydrogen) atoms. The summed E-state index contributed by atoms with van der Waals surface area (Å²) < 4.78 is 8.17. The van der Waals surface area contributed by atoms with Crippen molar-refractivity contribution in [2.45, 2.75) is 94.3 Å². The Morgan fingerprint density at radius 3 is 1.94 bits per heavy atom. The number of fused-ring (bicyclic) bond motifs is 4. The van der Waals surface area contributed by atoms with E-state index in [9.17, 15) is 0 Å². The van der Waals surface area contributed by atoms with Crippen LogP contribution in [-0.4, -0.2) is 41.1 Å². The quantitative estimate of drug-likeness (QED) is 0.101. The third-order valence-corrected chi connectivity index (χ3v) is 22.0. The minimum atomic E-state index is -1.93. The zero-order valence-corrected chi connectivity index (χ0v) is 47.6. The number of thiophene rings is 1. The van der Waals surface area contributed by atoms with E-state index >= 15 is 0 Å². The summed E-state index contributed by atoms with van der Waals surface area (Å²) >= 11 is -1.90. The zero-order chi connectivity index (χ0) is 45.5. The molecule has 0 amide bonds. The molecule has 0 bridgehead atoms.